The standard InChI is InChI=1S/C28H52O3Si/c1-10-12-13-14-15-16-17-18-19-24(3)20-22-26(31-32(8,9)28(5,6)7)25(4)21-23-27(29)30-11-2/h19-23,25-26H,10-18H2,1-9H3/b22-20+,23-21+,24-19+/t25-,26+/m0/s1. The number of unbranched alkanes of at least 4 members (excludes halogenated alkanes) is 7. The highest BCUT2D eigenvalue weighted by Gasteiger charge is 2.39. The van der Waals surface area contributed by atoms with Gasteiger partial charge in [-0.3, -0.25) is 0 Å². The van der Waals surface area contributed by atoms with Crippen molar-refractivity contribution < 1.29 is 14.0 Å². The Labute approximate surface area is 200 Å². The van der Waals surface area contributed by atoms with E-state index in [2.05, 4.69) is 72.9 Å². The molecule has 32 heavy (non-hydrogen) atoms. The van der Waals surface area contributed by atoms with Crippen molar-refractivity contribution in [3.05, 3.63) is 36.0 Å². The van der Waals surface area contributed by atoms with E-state index in [1.54, 1.807) is 0 Å². The van der Waals surface area contributed by atoms with Gasteiger partial charge in [-0.25, -0.2) is 4.79 Å². The first-order valence-electron chi connectivity index (χ1n) is 12.8. The lowest BCUT2D eigenvalue weighted by atomic mass is 10.0. The number of carbonyl (C=O) groups excluding carboxylic acids is 1. The van der Waals surface area contributed by atoms with Crippen LogP contribution in [0, 0.1) is 5.92 Å². The summed E-state index contributed by atoms with van der Waals surface area (Å²) >= 11 is 0. The number of rotatable bonds is 16. The first-order chi connectivity index (χ1) is 14.9. The van der Waals surface area contributed by atoms with Crippen molar-refractivity contribution in [2.45, 2.75) is 124 Å². The molecule has 0 bridgehead atoms. The van der Waals surface area contributed by atoms with Gasteiger partial charge in [0.2, 0.25) is 0 Å². The van der Waals surface area contributed by atoms with Gasteiger partial charge in [-0.05, 0) is 44.8 Å². The van der Waals surface area contributed by atoms with E-state index >= 15 is 0 Å². The predicted octanol–water partition coefficient (Wildman–Crippen LogP) is 8.78. The van der Waals surface area contributed by atoms with Gasteiger partial charge in [-0.15, -0.1) is 0 Å². The molecule has 0 saturated heterocycles. The van der Waals surface area contributed by atoms with Gasteiger partial charge in [0.25, 0.3) is 0 Å². The molecule has 0 aliphatic heterocycles. The fourth-order valence-electron chi connectivity index (χ4n) is 3.11. The molecule has 0 heterocycles. The van der Waals surface area contributed by atoms with Gasteiger partial charge >= 0.3 is 5.97 Å². The van der Waals surface area contributed by atoms with E-state index in [0.717, 1.165) is 6.42 Å². The molecule has 0 aromatic heterocycles. The Balaban J connectivity index is 5.02. The second-order valence-corrected chi connectivity index (χ2v) is 15.3. The van der Waals surface area contributed by atoms with Crippen molar-refractivity contribution in [2.75, 3.05) is 6.61 Å². The second kappa shape index (κ2) is 16.5. The van der Waals surface area contributed by atoms with Gasteiger partial charge < -0.3 is 9.16 Å². The van der Waals surface area contributed by atoms with E-state index in [1.165, 1.54) is 56.6 Å². The van der Waals surface area contributed by atoms with Gasteiger partial charge in [0.05, 0.1) is 12.7 Å². The molecule has 0 spiro atoms. The highest BCUT2D eigenvalue weighted by atomic mass is 28.4. The number of hydrogen-bond acceptors (Lipinski definition) is 3. The molecule has 4 heteroatoms. The Morgan fingerprint density at radius 2 is 1.53 bits per heavy atom. The smallest absolute Gasteiger partial charge is 0.330 e. The summed E-state index contributed by atoms with van der Waals surface area (Å²) in [4.78, 5) is 11.8. The molecule has 0 saturated carbocycles. The lowest BCUT2D eigenvalue weighted by Gasteiger charge is -2.39. The molecule has 0 aromatic rings. The number of hydrogen-bond donors (Lipinski definition) is 0. The summed E-state index contributed by atoms with van der Waals surface area (Å²) in [6, 6.07) is 0. The molecular formula is C28H52O3Si. The average Bonchev–Trinajstić information content (AvgIpc) is 2.70. The van der Waals surface area contributed by atoms with Crippen LogP contribution in [0.2, 0.25) is 18.1 Å². The van der Waals surface area contributed by atoms with E-state index in [-0.39, 0.29) is 23.0 Å². The second-order valence-electron chi connectivity index (χ2n) is 10.5. The van der Waals surface area contributed by atoms with Crippen LogP contribution < -0.4 is 0 Å². The van der Waals surface area contributed by atoms with Gasteiger partial charge in [0.15, 0.2) is 8.32 Å². The van der Waals surface area contributed by atoms with Crippen LogP contribution in [0.4, 0.5) is 0 Å². The minimum atomic E-state index is -1.95. The molecule has 0 aliphatic carbocycles. The number of esters is 1. The van der Waals surface area contributed by atoms with Gasteiger partial charge in [-0.2, -0.15) is 0 Å². The molecule has 0 fully saturated rings. The molecule has 0 amide bonds. The molecule has 0 unspecified atom stereocenters. The zero-order chi connectivity index (χ0) is 24.6. The molecule has 3 nitrogen and oxygen atoms in total. The highest BCUT2D eigenvalue weighted by Crippen LogP contribution is 2.38. The SMILES string of the molecule is CCCCCCCCC/C=C(C)/C=C/[C@@H](O[Si](C)(C)C(C)(C)C)[C@@H](C)/C=C/C(=O)OCC. The molecule has 0 aromatic carbocycles. The lowest BCUT2D eigenvalue weighted by Crippen LogP contribution is -2.44. The monoisotopic (exact) mass is 464 g/mol. The maximum absolute atomic E-state index is 11.8. The minimum Gasteiger partial charge on any atom is -0.463 e. The Hall–Kier alpha value is -1.13. The summed E-state index contributed by atoms with van der Waals surface area (Å²) in [6.07, 6.45) is 20.6. The molecule has 0 radical (unpaired) electrons. The Kier molecular flexibility index (Phi) is 15.9. The molecule has 0 N–H and O–H groups in total. The average molecular weight is 465 g/mol. The van der Waals surface area contributed by atoms with Crippen molar-refractivity contribution in [2.24, 2.45) is 5.92 Å². The fourth-order valence-corrected chi connectivity index (χ4v) is 4.44. The number of carbonyl (C=O) groups is 1. The largest absolute Gasteiger partial charge is 0.463 e. The van der Waals surface area contributed by atoms with Crippen LogP contribution in [-0.2, 0) is 14.0 Å². The van der Waals surface area contributed by atoms with E-state index in [0.29, 0.717) is 6.61 Å². The lowest BCUT2D eigenvalue weighted by molar-refractivity contribution is -0.137. The van der Waals surface area contributed by atoms with Crippen molar-refractivity contribution in [1.82, 2.24) is 0 Å². The third-order valence-electron chi connectivity index (χ3n) is 6.40. The topological polar surface area (TPSA) is 35.5 Å². The van der Waals surface area contributed by atoms with Crippen LogP contribution >= 0.6 is 0 Å². The van der Waals surface area contributed by atoms with Crippen LogP contribution in [0.25, 0.3) is 0 Å². The van der Waals surface area contributed by atoms with Crippen LogP contribution in [0.5, 0.6) is 0 Å². The third kappa shape index (κ3) is 14.1. The Morgan fingerprint density at radius 3 is 2.09 bits per heavy atom. The van der Waals surface area contributed by atoms with Crippen LogP contribution in [0.3, 0.4) is 0 Å². The van der Waals surface area contributed by atoms with E-state index < -0.39 is 8.32 Å². The van der Waals surface area contributed by atoms with Gasteiger partial charge in [-0.1, -0.05) is 103 Å². The van der Waals surface area contributed by atoms with Crippen LogP contribution in [0.15, 0.2) is 36.0 Å². The van der Waals surface area contributed by atoms with Crippen molar-refractivity contribution in [3.63, 3.8) is 0 Å². The zero-order valence-corrected chi connectivity index (χ0v) is 23.6. The van der Waals surface area contributed by atoms with E-state index in [1.807, 2.05) is 13.0 Å². The van der Waals surface area contributed by atoms with Crippen LogP contribution in [0.1, 0.15) is 99.8 Å². The number of ether oxygens (including phenoxy) is 1. The summed E-state index contributed by atoms with van der Waals surface area (Å²) < 4.78 is 11.7. The Morgan fingerprint density at radius 1 is 0.938 bits per heavy atom. The van der Waals surface area contributed by atoms with Crippen molar-refractivity contribution in [1.29, 1.82) is 0 Å². The molecule has 0 aliphatic rings. The Bertz CT molecular complexity index is 596. The minimum absolute atomic E-state index is 0.0662. The first kappa shape index (κ1) is 30.9. The summed E-state index contributed by atoms with van der Waals surface area (Å²) in [5.41, 5.74) is 1.28. The summed E-state index contributed by atoms with van der Waals surface area (Å²) in [5, 5.41) is 0.131. The zero-order valence-electron chi connectivity index (χ0n) is 22.6. The fraction of sp³-hybridized carbons (Fsp3) is 0.750. The normalized spacial score (nSPS) is 15.5. The van der Waals surface area contributed by atoms with Gasteiger partial charge in [0.1, 0.15) is 0 Å². The maximum atomic E-state index is 11.8. The van der Waals surface area contributed by atoms with Crippen molar-refractivity contribution >= 4 is 14.3 Å². The molecule has 186 valence electrons. The maximum Gasteiger partial charge on any atom is 0.330 e. The van der Waals surface area contributed by atoms with Crippen molar-refractivity contribution in [3.8, 4) is 0 Å². The quantitative estimate of drug-likeness (QED) is 0.0752. The molecule has 2 atom stereocenters. The highest BCUT2D eigenvalue weighted by molar-refractivity contribution is 6.74. The summed E-state index contributed by atoms with van der Waals surface area (Å²) in [6.45, 7) is 20.1. The van der Waals surface area contributed by atoms with E-state index in [9.17, 15) is 4.79 Å². The molecule has 0 rings (SSSR count). The first-order valence-corrected chi connectivity index (χ1v) is 15.7. The van der Waals surface area contributed by atoms with Gasteiger partial charge in [0, 0.05) is 12.0 Å². The molecular weight excluding hydrogens is 412 g/mol. The summed E-state index contributed by atoms with van der Waals surface area (Å²) in [5.74, 6) is -0.208. The van der Waals surface area contributed by atoms with E-state index in [4.69, 9.17) is 9.16 Å². The third-order valence-corrected chi connectivity index (χ3v) is 10.9. The summed E-state index contributed by atoms with van der Waals surface area (Å²) in [7, 11) is -1.95. The number of allylic oxidation sites excluding steroid dienone is 3. The van der Waals surface area contributed by atoms with Crippen LogP contribution in [-0.4, -0.2) is 27.0 Å². The predicted molar refractivity (Wildman–Crippen MR) is 143 cm³/mol.